The molecule has 0 saturated heterocycles. The van der Waals surface area contributed by atoms with Crippen molar-refractivity contribution in [1.82, 2.24) is 21.0 Å². The van der Waals surface area contributed by atoms with Gasteiger partial charge in [0, 0.05) is 35.9 Å². The Bertz CT molecular complexity index is 1710. The number of nitrogens with one attached hydrogen (secondary N) is 4. The Kier molecular flexibility index (Phi) is 7.54. The summed E-state index contributed by atoms with van der Waals surface area (Å²) in [4.78, 5) is 4.26. The van der Waals surface area contributed by atoms with Crippen molar-refractivity contribution in [2.24, 2.45) is 0 Å². The molecule has 1 aliphatic heterocycles. The first-order valence-corrected chi connectivity index (χ1v) is 13.8. The van der Waals surface area contributed by atoms with E-state index in [1.54, 1.807) is 18.2 Å². The zero-order valence-corrected chi connectivity index (χ0v) is 22.6. The number of nitriles is 2. The summed E-state index contributed by atoms with van der Waals surface area (Å²) in [6.07, 6.45) is 6.30. The van der Waals surface area contributed by atoms with Gasteiger partial charge in [0.1, 0.15) is 17.4 Å². The number of aromatic nitrogens is 1. The molecule has 0 bridgehead atoms. The highest BCUT2D eigenvalue weighted by molar-refractivity contribution is 5.96. The summed E-state index contributed by atoms with van der Waals surface area (Å²) in [6.45, 7) is 0. The van der Waals surface area contributed by atoms with Gasteiger partial charge in [-0.1, -0.05) is 42.5 Å². The summed E-state index contributed by atoms with van der Waals surface area (Å²) in [5.41, 5.74) is 10.1. The first-order valence-electron chi connectivity index (χ1n) is 13.8. The molecule has 0 radical (unpaired) electrons. The van der Waals surface area contributed by atoms with E-state index in [1.807, 2.05) is 41.5 Å². The highest BCUT2D eigenvalue weighted by atomic mass is 19.1. The van der Waals surface area contributed by atoms with Gasteiger partial charge in [-0.05, 0) is 54.7 Å². The predicted octanol–water partition coefficient (Wildman–Crippen LogP) is 6.32. The van der Waals surface area contributed by atoms with Gasteiger partial charge >= 0.3 is 0 Å². The predicted molar refractivity (Wildman–Crippen MR) is 156 cm³/mol. The van der Waals surface area contributed by atoms with Crippen LogP contribution in [0.5, 0.6) is 0 Å². The maximum absolute atomic E-state index is 15.6. The number of hydrogen-bond acceptors (Lipinski definition) is 8. The topological polar surface area (TPSA) is 112 Å². The second kappa shape index (κ2) is 11.7. The van der Waals surface area contributed by atoms with E-state index in [4.69, 9.17) is 0 Å². The minimum Gasteiger partial charge on any atom is -0.377 e. The number of hydrogen-bond donors (Lipinski definition) is 4. The van der Waals surface area contributed by atoms with Gasteiger partial charge in [0.2, 0.25) is 0 Å². The van der Waals surface area contributed by atoms with E-state index in [2.05, 4.69) is 38.7 Å². The molecule has 10 heteroatoms. The number of hydrazine groups is 2. The molecule has 3 aromatic carbocycles. The van der Waals surface area contributed by atoms with Crippen LogP contribution in [0.2, 0.25) is 0 Å². The van der Waals surface area contributed by atoms with Crippen molar-refractivity contribution in [1.29, 1.82) is 10.5 Å². The Balaban J connectivity index is 1.41. The fraction of sp³-hybridized carbons (Fsp3) is 0.219. The van der Waals surface area contributed by atoms with Crippen molar-refractivity contribution >= 4 is 22.3 Å². The van der Waals surface area contributed by atoms with Gasteiger partial charge in [0.05, 0.1) is 35.1 Å². The van der Waals surface area contributed by atoms with E-state index >= 15 is 4.39 Å². The number of pyridine rings is 1. The number of rotatable bonds is 10. The normalized spacial score (nSPS) is 15.7. The summed E-state index contributed by atoms with van der Waals surface area (Å²) < 4.78 is 29.4. The van der Waals surface area contributed by atoms with Crippen LogP contribution in [0.25, 0.3) is 10.9 Å². The highest BCUT2D eigenvalue weighted by Gasteiger charge is 2.32. The minimum atomic E-state index is -0.556. The van der Waals surface area contributed by atoms with Crippen molar-refractivity contribution in [2.45, 2.75) is 43.8 Å². The van der Waals surface area contributed by atoms with Crippen LogP contribution in [0, 0.1) is 34.3 Å². The van der Waals surface area contributed by atoms with E-state index < -0.39 is 11.9 Å². The van der Waals surface area contributed by atoms with Crippen molar-refractivity contribution in [3.05, 3.63) is 113 Å². The zero-order valence-electron chi connectivity index (χ0n) is 22.6. The average Bonchev–Trinajstić information content (AvgIpc) is 3.75. The second-order valence-electron chi connectivity index (χ2n) is 10.4. The Morgan fingerprint density at radius 1 is 1.00 bits per heavy atom. The number of nitrogens with zero attached hydrogens (tertiary/aromatic N) is 4. The van der Waals surface area contributed by atoms with Crippen LogP contribution in [0.3, 0.4) is 0 Å². The molecule has 4 aromatic rings. The molecule has 2 unspecified atom stereocenters. The van der Waals surface area contributed by atoms with E-state index in [-0.39, 0.29) is 22.9 Å². The quantitative estimate of drug-likeness (QED) is 0.178. The van der Waals surface area contributed by atoms with Gasteiger partial charge in [-0.2, -0.15) is 10.5 Å². The smallest absolute Gasteiger partial charge is 0.151 e. The van der Waals surface area contributed by atoms with Gasteiger partial charge in [-0.25, -0.2) is 8.78 Å². The number of benzene rings is 3. The lowest BCUT2D eigenvalue weighted by Gasteiger charge is -2.23. The lowest BCUT2D eigenvalue weighted by Crippen LogP contribution is -2.38. The monoisotopic (exact) mass is 562 g/mol. The van der Waals surface area contributed by atoms with Crippen molar-refractivity contribution in [2.75, 3.05) is 10.6 Å². The second-order valence-corrected chi connectivity index (χ2v) is 10.4. The van der Waals surface area contributed by atoms with Crippen molar-refractivity contribution in [3.8, 4) is 12.1 Å². The molecule has 4 N–H and O–H groups in total. The molecule has 0 amide bonds. The number of halogens is 2. The van der Waals surface area contributed by atoms with Gasteiger partial charge in [-0.3, -0.25) is 9.99 Å². The molecule has 210 valence electrons. The molecular formula is C32H28F2N8. The van der Waals surface area contributed by atoms with Crippen LogP contribution in [0.1, 0.15) is 54.5 Å². The molecule has 2 atom stereocenters. The highest BCUT2D eigenvalue weighted by Crippen LogP contribution is 2.36. The Labute approximate surface area is 242 Å². The van der Waals surface area contributed by atoms with Gasteiger partial charge in [-0.15, -0.1) is 5.53 Å². The van der Waals surface area contributed by atoms with Crippen LogP contribution >= 0.6 is 0 Å². The van der Waals surface area contributed by atoms with Crippen LogP contribution in [0.4, 0.5) is 20.2 Å². The first kappa shape index (κ1) is 27.0. The summed E-state index contributed by atoms with van der Waals surface area (Å²) in [5, 5.41) is 28.5. The van der Waals surface area contributed by atoms with Gasteiger partial charge in [0.25, 0.3) is 0 Å². The lowest BCUT2D eigenvalue weighted by atomic mass is 10.00. The van der Waals surface area contributed by atoms with Crippen LogP contribution in [0.15, 0.2) is 84.8 Å². The molecule has 6 rings (SSSR count). The van der Waals surface area contributed by atoms with Crippen LogP contribution in [-0.4, -0.2) is 16.0 Å². The summed E-state index contributed by atoms with van der Waals surface area (Å²) >= 11 is 0. The Morgan fingerprint density at radius 3 is 2.50 bits per heavy atom. The van der Waals surface area contributed by atoms with E-state index in [0.29, 0.717) is 35.6 Å². The third-order valence-electron chi connectivity index (χ3n) is 7.48. The SMILES string of the molecule is N#CCCC(Nc1c(C#N)cnc2c(F)cc(NC(C3=CN(C4CC4)NN3)c3ccc(F)cc3)cc12)c1ccccc1. The number of fused-ring (bicyclic) bond motifs is 1. The number of anilines is 2. The Hall–Kier alpha value is -5.19. The molecule has 1 aliphatic carbocycles. The maximum atomic E-state index is 15.6. The summed E-state index contributed by atoms with van der Waals surface area (Å²) in [6, 6.07) is 22.9. The van der Waals surface area contributed by atoms with Crippen LogP contribution < -0.4 is 21.6 Å². The molecule has 1 fully saturated rings. The molecular weight excluding hydrogens is 534 g/mol. The first-order chi connectivity index (χ1) is 20.5. The molecule has 0 spiro atoms. The summed E-state index contributed by atoms with van der Waals surface area (Å²) in [7, 11) is 0. The fourth-order valence-corrected chi connectivity index (χ4v) is 5.18. The molecule has 2 aliphatic rings. The summed E-state index contributed by atoms with van der Waals surface area (Å²) in [5.74, 6) is -0.907. The van der Waals surface area contributed by atoms with Gasteiger partial charge < -0.3 is 16.1 Å². The lowest BCUT2D eigenvalue weighted by molar-refractivity contribution is 0.260. The zero-order chi connectivity index (χ0) is 29.1. The van der Waals surface area contributed by atoms with E-state index in [1.165, 1.54) is 24.4 Å². The van der Waals surface area contributed by atoms with Crippen molar-refractivity contribution < 1.29 is 8.78 Å². The van der Waals surface area contributed by atoms with Gasteiger partial charge in [0.15, 0.2) is 5.82 Å². The molecule has 8 nitrogen and oxygen atoms in total. The maximum Gasteiger partial charge on any atom is 0.151 e. The van der Waals surface area contributed by atoms with Crippen molar-refractivity contribution in [3.63, 3.8) is 0 Å². The fourth-order valence-electron chi connectivity index (χ4n) is 5.18. The van der Waals surface area contributed by atoms with Crippen LogP contribution in [-0.2, 0) is 0 Å². The third-order valence-corrected chi connectivity index (χ3v) is 7.48. The van der Waals surface area contributed by atoms with E-state index in [9.17, 15) is 14.9 Å². The largest absolute Gasteiger partial charge is 0.377 e. The standard InChI is InChI=1S/C32H28F2N8/c33-23-10-8-21(9-11-23)31(29-19-42(41-40-29)25-12-13-25)38-24-15-26-30(22(17-36)18-37-32(26)27(34)16-24)39-28(7-4-14-35)20-5-2-1-3-6-20/h1-3,5-6,8-11,15-16,18-19,25,28,31,38,40-41H,4,7,12-13H2,(H,37,39). The third kappa shape index (κ3) is 5.67. The molecule has 1 saturated carbocycles. The average molecular weight is 563 g/mol. The molecule has 1 aromatic heterocycles. The molecule has 2 heterocycles. The Morgan fingerprint density at radius 2 is 1.79 bits per heavy atom. The minimum absolute atomic E-state index is 0.118. The molecule has 42 heavy (non-hydrogen) atoms. The van der Waals surface area contributed by atoms with E-state index in [0.717, 1.165) is 29.7 Å².